The van der Waals surface area contributed by atoms with E-state index in [4.69, 9.17) is 5.11 Å². The molecule has 1 amide bonds. The van der Waals surface area contributed by atoms with Gasteiger partial charge in [-0.25, -0.2) is 9.78 Å². The largest absolute Gasteiger partial charge is 0.476 e. The number of nitrogens with zero attached hydrogens (tertiary/aromatic N) is 3. The van der Waals surface area contributed by atoms with E-state index in [2.05, 4.69) is 9.88 Å². The van der Waals surface area contributed by atoms with Crippen LogP contribution in [-0.2, 0) is 11.3 Å². The average molecular weight is 269 g/mol. The van der Waals surface area contributed by atoms with E-state index in [1.807, 2.05) is 0 Å². The molecule has 1 aromatic heterocycles. The Bertz CT molecular complexity index is 452. The Balaban J connectivity index is 1.93. The van der Waals surface area contributed by atoms with Crippen LogP contribution >= 0.6 is 11.3 Å². The predicted octanol–water partition coefficient (Wildman–Crippen LogP) is 0.505. The zero-order valence-corrected chi connectivity index (χ0v) is 10.9. The van der Waals surface area contributed by atoms with Crippen LogP contribution in [0.1, 0.15) is 22.3 Å². The van der Waals surface area contributed by atoms with Crippen LogP contribution in [0, 0.1) is 0 Å². The second kappa shape index (κ2) is 5.45. The highest BCUT2D eigenvalue weighted by Crippen LogP contribution is 2.17. The molecule has 1 aliphatic rings. The Labute approximate surface area is 109 Å². The summed E-state index contributed by atoms with van der Waals surface area (Å²) in [7, 11) is 0. The molecule has 1 aliphatic heterocycles. The smallest absolute Gasteiger partial charge is 0.355 e. The number of carboxylic acid groups (broad SMARTS) is 1. The van der Waals surface area contributed by atoms with Gasteiger partial charge >= 0.3 is 5.97 Å². The summed E-state index contributed by atoms with van der Waals surface area (Å²) in [6.45, 7) is 5.12. The summed E-state index contributed by atoms with van der Waals surface area (Å²) >= 11 is 1.36. The standard InChI is InChI=1S/C11H15N3O3S/c1-8(15)14-4-2-13(3-5-14)6-9-10(11(16)17)12-7-18-9/h7H,2-6H2,1H3,(H,16,17). The van der Waals surface area contributed by atoms with Crippen molar-refractivity contribution in [1.82, 2.24) is 14.8 Å². The Kier molecular flexibility index (Phi) is 3.93. The number of carbonyl (C=O) groups excluding carboxylic acids is 1. The van der Waals surface area contributed by atoms with Crippen LogP contribution in [-0.4, -0.2) is 57.9 Å². The Morgan fingerprint density at radius 3 is 2.61 bits per heavy atom. The topological polar surface area (TPSA) is 73.7 Å². The van der Waals surface area contributed by atoms with Crippen molar-refractivity contribution in [3.8, 4) is 0 Å². The predicted molar refractivity (Wildman–Crippen MR) is 66.6 cm³/mol. The highest BCUT2D eigenvalue weighted by atomic mass is 32.1. The van der Waals surface area contributed by atoms with Gasteiger partial charge in [0.25, 0.3) is 0 Å². The number of thiazole rings is 1. The third-order valence-corrected chi connectivity index (χ3v) is 3.85. The first-order valence-electron chi connectivity index (χ1n) is 5.71. The van der Waals surface area contributed by atoms with Crippen LogP contribution in [0.3, 0.4) is 0 Å². The molecule has 98 valence electrons. The minimum atomic E-state index is -0.978. The van der Waals surface area contributed by atoms with Gasteiger partial charge in [0.2, 0.25) is 5.91 Å². The van der Waals surface area contributed by atoms with Crippen LogP contribution in [0.15, 0.2) is 5.51 Å². The Hall–Kier alpha value is -1.47. The number of carboxylic acids is 1. The number of rotatable bonds is 3. The van der Waals surface area contributed by atoms with Gasteiger partial charge in [-0.1, -0.05) is 0 Å². The SMILES string of the molecule is CC(=O)N1CCN(Cc2scnc2C(=O)O)CC1. The fourth-order valence-corrected chi connectivity index (χ4v) is 2.78. The summed E-state index contributed by atoms with van der Waals surface area (Å²) < 4.78 is 0. The van der Waals surface area contributed by atoms with Gasteiger partial charge in [0, 0.05) is 39.6 Å². The van der Waals surface area contributed by atoms with Crippen LogP contribution in [0.2, 0.25) is 0 Å². The number of piperazine rings is 1. The van der Waals surface area contributed by atoms with Crippen molar-refractivity contribution >= 4 is 23.2 Å². The molecule has 7 heteroatoms. The van der Waals surface area contributed by atoms with Gasteiger partial charge in [0.1, 0.15) is 0 Å². The van der Waals surface area contributed by atoms with E-state index in [0.29, 0.717) is 19.6 Å². The molecular weight excluding hydrogens is 254 g/mol. The van der Waals surface area contributed by atoms with Crippen molar-refractivity contribution in [2.45, 2.75) is 13.5 Å². The third-order valence-electron chi connectivity index (χ3n) is 3.03. The number of hydrogen-bond donors (Lipinski definition) is 1. The molecule has 2 rings (SSSR count). The number of amides is 1. The van der Waals surface area contributed by atoms with Crippen LogP contribution in [0.25, 0.3) is 0 Å². The van der Waals surface area contributed by atoms with Crippen molar-refractivity contribution in [3.05, 3.63) is 16.1 Å². The first-order valence-corrected chi connectivity index (χ1v) is 6.59. The first-order chi connectivity index (χ1) is 8.58. The minimum absolute atomic E-state index is 0.0960. The molecule has 0 aliphatic carbocycles. The molecule has 2 heterocycles. The summed E-state index contributed by atoms with van der Waals surface area (Å²) in [5, 5.41) is 8.97. The molecule has 1 fully saturated rings. The minimum Gasteiger partial charge on any atom is -0.476 e. The van der Waals surface area contributed by atoms with Gasteiger partial charge in [-0.3, -0.25) is 9.69 Å². The Morgan fingerprint density at radius 2 is 2.06 bits per heavy atom. The van der Waals surface area contributed by atoms with E-state index in [-0.39, 0.29) is 11.6 Å². The van der Waals surface area contributed by atoms with Crippen LogP contribution in [0.4, 0.5) is 0 Å². The maximum absolute atomic E-state index is 11.2. The van der Waals surface area contributed by atoms with E-state index >= 15 is 0 Å². The lowest BCUT2D eigenvalue weighted by atomic mass is 10.2. The van der Waals surface area contributed by atoms with Gasteiger partial charge in [-0.2, -0.15) is 0 Å². The molecule has 0 radical (unpaired) electrons. The van der Waals surface area contributed by atoms with Gasteiger partial charge < -0.3 is 10.0 Å². The third kappa shape index (κ3) is 2.85. The summed E-state index contributed by atoms with van der Waals surface area (Å²) in [5.74, 6) is -0.882. The normalized spacial score (nSPS) is 16.8. The van der Waals surface area contributed by atoms with Gasteiger partial charge in [0.15, 0.2) is 5.69 Å². The number of carbonyl (C=O) groups is 2. The van der Waals surface area contributed by atoms with Crippen molar-refractivity contribution in [2.75, 3.05) is 26.2 Å². The molecule has 0 spiro atoms. The lowest BCUT2D eigenvalue weighted by Crippen LogP contribution is -2.47. The van der Waals surface area contributed by atoms with Gasteiger partial charge in [0.05, 0.1) is 10.4 Å². The number of aromatic carboxylic acids is 1. The lowest BCUT2D eigenvalue weighted by molar-refractivity contribution is -0.130. The molecule has 0 unspecified atom stereocenters. The summed E-state index contributed by atoms with van der Waals surface area (Å²) in [4.78, 5) is 30.7. The molecule has 6 nitrogen and oxygen atoms in total. The first kappa shape index (κ1) is 13.0. The quantitative estimate of drug-likeness (QED) is 0.865. The molecule has 1 N–H and O–H groups in total. The summed E-state index contributed by atoms with van der Waals surface area (Å²) in [5.41, 5.74) is 1.71. The van der Waals surface area contributed by atoms with E-state index in [1.165, 1.54) is 11.3 Å². The molecule has 0 bridgehead atoms. The molecule has 18 heavy (non-hydrogen) atoms. The van der Waals surface area contributed by atoms with Crippen molar-refractivity contribution in [3.63, 3.8) is 0 Å². The second-order valence-electron chi connectivity index (χ2n) is 4.21. The Morgan fingerprint density at radius 1 is 1.39 bits per heavy atom. The lowest BCUT2D eigenvalue weighted by Gasteiger charge is -2.33. The summed E-state index contributed by atoms with van der Waals surface area (Å²) in [6.07, 6.45) is 0. The molecule has 0 saturated carbocycles. The monoisotopic (exact) mass is 269 g/mol. The van der Waals surface area contributed by atoms with E-state index < -0.39 is 5.97 Å². The fourth-order valence-electron chi connectivity index (χ4n) is 1.98. The van der Waals surface area contributed by atoms with Crippen LogP contribution in [0.5, 0.6) is 0 Å². The highest BCUT2D eigenvalue weighted by Gasteiger charge is 2.21. The molecule has 1 aromatic rings. The van der Waals surface area contributed by atoms with E-state index in [9.17, 15) is 9.59 Å². The van der Waals surface area contributed by atoms with Gasteiger partial charge in [-0.05, 0) is 0 Å². The fraction of sp³-hybridized carbons (Fsp3) is 0.545. The molecule has 0 aromatic carbocycles. The highest BCUT2D eigenvalue weighted by molar-refractivity contribution is 7.09. The van der Waals surface area contributed by atoms with E-state index in [1.54, 1.807) is 17.3 Å². The van der Waals surface area contributed by atoms with Crippen LogP contribution < -0.4 is 0 Å². The van der Waals surface area contributed by atoms with Crippen molar-refractivity contribution in [1.29, 1.82) is 0 Å². The van der Waals surface area contributed by atoms with E-state index in [0.717, 1.165) is 18.0 Å². The maximum atomic E-state index is 11.2. The molecule has 1 saturated heterocycles. The number of hydrogen-bond acceptors (Lipinski definition) is 5. The number of aromatic nitrogens is 1. The molecular formula is C11H15N3O3S. The summed E-state index contributed by atoms with van der Waals surface area (Å²) in [6, 6.07) is 0. The average Bonchev–Trinajstić information content (AvgIpc) is 2.78. The molecule has 0 atom stereocenters. The van der Waals surface area contributed by atoms with Crippen molar-refractivity contribution in [2.24, 2.45) is 0 Å². The van der Waals surface area contributed by atoms with Gasteiger partial charge in [-0.15, -0.1) is 11.3 Å². The maximum Gasteiger partial charge on any atom is 0.355 e. The zero-order valence-electron chi connectivity index (χ0n) is 10.1. The second-order valence-corrected chi connectivity index (χ2v) is 5.15. The van der Waals surface area contributed by atoms with Crippen molar-refractivity contribution < 1.29 is 14.7 Å². The zero-order chi connectivity index (χ0) is 13.1.